The SMILES string of the molecule is CNCCc1ccc2c(c1)OOCC2. The molecule has 0 saturated heterocycles. The maximum Gasteiger partial charge on any atom is 0.168 e. The van der Waals surface area contributed by atoms with E-state index in [2.05, 4.69) is 23.5 Å². The van der Waals surface area contributed by atoms with Crippen molar-refractivity contribution in [3.63, 3.8) is 0 Å². The summed E-state index contributed by atoms with van der Waals surface area (Å²) in [6, 6.07) is 6.35. The largest absolute Gasteiger partial charge is 0.337 e. The Kier molecular flexibility index (Phi) is 3.01. The van der Waals surface area contributed by atoms with E-state index in [-0.39, 0.29) is 0 Å². The van der Waals surface area contributed by atoms with Crippen LogP contribution in [0, 0.1) is 0 Å². The Hall–Kier alpha value is -1.06. The Balaban J connectivity index is 2.12. The van der Waals surface area contributed by atoms with Crippen LogP contribution in [0.2, 0.25) is 0 Å². The number of hydrogen-bond acceptors (Lipinski definition) is 3. The second-order valence-electron chi connectivity index (χ2n) is 3.45. The van der Waals surface area contributed by atoms with E-state index in [1.54, 1.807) is 0 Å². The quantitative estimate of drug-likeness (QED) is 0.734. The number of nitrogens with one attached hydrogen (secondary N) is 1. The van der Waals surface area contributed by atoms with E-state index in [1.807, 2.05) is 7.05 Å². The Bertz CT molecular complexity index is 312. The van der Waals surface area contributed by atoms with Gasteiger partial charge in [-0.2, -0.15) is 4.89 Å². The molecule has 2 rings (SSSR count). The molecule has 0 aliphatic carbocycles. The lowest BCUT2D eigenvalue weighted by molar-refractivity contribution is -0.215. The van der Waals surface area contributed by atoms with Crippen LogP contribution in [0.4, 0.5) is 0 Å². The van der Waals surface area contributed by atoms with Gasteiger partial charge in [0.05, 0.1) is 6.61 Å². The van der Waals surface area contributed by atoms with Crippen LogP contribution in [-0.2, 0) is 17.7 Å². The zero-order valence-electron chi connectivity index (χ0n) is 8.38. The first-order valence-electron chi connectivity index (χ1n) is 4.96. The molecular weight excluding hydrogens is 178 g/mol. The monoisotopic (exact) mass is 193 g/mol. The fourth-order valence-electron chi connectivity index (χ4n) is 1.56. The van der Waals surface area contributed by atoms with E-state index >= 15 is 0 Å². The van der Waals surface area contributed by atoms with Gasteiger partial charge in [0.25, 0.3) is 0 Å². The fourth-order valence-corrected chi connectivity index (χ4v) is 1.56. The van der Waals surface area contributed by atoms with Gasteiger partial charge in [0.2, 0.25) is 0 Å². The maximum absolute atomic E-state index is 5.12. The molecule has 1 aromatic rings. The van der Waals surface area contributed by atoms with Crippen LogP contribution in [0.15, 0.2) is 18.2 Å². The number of fused-ring (bicyclic) bond motifs is 1. The molecule has 76 valence electrons. The summed E-state index contributed by atoms with van der Waals surface area (Å²) in [5.41, 5.74) is 2.52. The topological polar surface area (TPSA) is 30.5 Å². The van der Waals surface area contributed by atoms with E-state index in [1.165, 1.54) is 11.1 Å². The molecule has 1 aliphatic rings. The minimum atomic E-state index is 0.656. The molecule has 0 fully saturated rings. The summed E-state index contributed by atoms with van der Waals surface area (Å²) in [5.74, 6) is 0.879. The normalized spacial score (nSPS) is 14.6. The highest BCUT2D eigenvalue weighted by Gasteiger charge is 2.11. The number of likely N-dealkylation sites (N-methyl/N-ethyl adjacent to an activating group) is 1. The lowest BCUT2D eigenvalue weighted by Crippen LogP contribution is -2.13. The van der Waals surface area contributed by atoms with E-state index in [4.69, 9.17) is 9.78 Å². The zero-order chi connectivity index (χ0) is 9.80. The third-order valence-corrected chi connectivity index (χ3v) is 2.40. The van der Waals surface area contributed by atoms with Gasteiger partial charge in [-0.05, 0) is 31.6 Å². The van der Waals surface area contributed by atoms with Crippen molar-refractivity contribution in [1.82, 2.24) is 5.32 Å². The highest BCUT2D eigenvalue weighted by molar-refractivity contribution is 5.38. The van der Waals surface area contributed by atoms with E-state index < -0.39 is 0 Å². The van der Waals surface area contributed by atoms with Gasteiger partial charge in [-0.25, -0.2) is 0 Å². The molecule has 1 aromatic carbocycles. The molecule has 0 amide bonds. The van der Waals surface area contributed by atoms with E-state index in [0.29, 0.717) is 6.61 Å². The summed E-state index contributed by atoms with van der Waals surface area (Å²) in [6.07, 6.45) is 1.97. The third-order valence-electron chi connectivity index (χ3n) is 2.40. The van der Waals surface area contributed by atoms with Crippen LogP contribution in [0.5, 0.6) is 5.75 Å². The maximum atomic E-state index is 5.12. The van der Waals surface area contributed by atoms with Gasteiger partial charge in [-0.3, -0.25) is 0 Å². The second-order valence-corrected chi connectivity index (χ2v) is 3.45. The van der Waals surface area contributed by atoms with Gasteiger partial charge in [0.1, 0.15) is 0 Å². The first-order chi connectivity index (χ1) is 6.90. The van der Waals surface area contributed by atoms with Crippen molar-refractivity contribution in [2.75, 3.05) is 20.2 Å². The summed E-state index contributed by atoms with van der Waals surface area (Å²) in [5, 5.41) is 3.12. The highest BCUT2D eigenvalue weighted by atomic mass is 17.2. The number of rotatable bonds is 3. The first kappa shape index (κ1) is 9.49. The zero-order valence-corrected chi connectivity index (χ0v) is 8.38. The van der Waals surface area contributed by atoms with Crippen molar-refractivity contribution in [3.05, 3.63) is 29.3 Å². The Morgan fingerprint density at radius 3 is 3.21 bits per heavy atom. The van der Waals surface area contributed by atoms with Gasteiger partial charge in [0.15, 0.2) is 5.75 Å². The molecule has 0 radical (unpaired) electrons. The van der Waals surface area contributed by atoms with Gasteiger partial charge in [0, 0.05) is 12.0 Å². The lowest BCUT2D eigenvalue weighted by atomic mass is 10.1. The van der Waals surface area contributed by atoms with Crippen LogP contribution in [0.25, 0.3) is 0 Å². The minimum absolute atomic E-state index is 0.656. The van der Waals surface area contributed by atoms with Crippen molar-refractivity contribution in [1.29, 1.82) is 0 Å². The number of hydrogen-bond donors (Lipinski definition) is 1. The summed E-state index contributed by atoms with van der Waals surface area (Å²) < 4.78 is 0. The van der Waals surface area contributed by atoms with Crippen molar-refractivity contribution in [2.24, 2.45) is 0 Å². The van der Waals surface area contributed by atoms with Crippen LogP contribution >= 0.6 is 0 Å². The Labute approximate surface area is 84.0 Å². The second kappa shape index (κ2) is 4.44. The highest BCUT2D eigenvalue weighted by Crippen LogP contribution is 2.24. The molecular formula is C11H15NO2. The predicted octanol–water partition coefficient (Wildman–Crippen LogP) is 1.31. The summed E-state index contributed by atoms with van der Waals surface area (Å²) in [6.45, 7) is 1.64. The molecule has 0 aromatic heterocycles. The van der Waals surface area contributed by atoms with Crippen LogP contribution in [-0.4, -0.2) is 20.2 Å². The van der Waals surface area contributed by atoms with Crippen LogP contribution in [0.3, 0.4) is 0 Å². The lowest BCUT2D eigenvalue weighted by Gasteiger charge is -2.16. The van der Waals surface area contributed by atoms with E-state index in [0.717, 1.165) is 25.1 Å². The average Bonchev–Trinajstić information content (AvgIpc) is 2.26. The minimum Gasteiger partial charge on any atom is -0.337 e. The van der Waals surface area contributed by atoms with Gasteiger partial charge in [-0.15, -0.1) is 0 Å². The molecule has 0 atom stereocenters. The molecule has 3 nitrogen and oxygen atoms in total. The summed E-state index contributed by atoms with van der Waals surface area (Å²) >= 11 is 0. The summed E-state index contributed by atoms with van der Waals surface area (Å²) in [4.78, 5) is 10.1. The molecule has 14 heavy (non-hydrogen) atoms. The van der Waals surface area contributed by atoms with Crippen molar-refractivity contribution >= 4 is 0 Å². The van der Waals surface area contributed by atoms with Crippen molar-refractivity contribution in [3.8, 4) is 5.75 Å². The molecule has 3 heteroatoms. The fraction of sp³-hybridized carbons (Fsp3) is 0.455. The number of benzene rings is 1. The predicted molar refractivity (Wildman–Crippen MR) is 54.4 cm³/mol. The summed E-state index contributed by atoms with van der Waals surface area (Å²) in [7, 11) is 1.96. The molecule has 1 N–H and O–H groups in total. The molecule has 1 aliphatic heterocycles. The molecule has 0 spiro atoms. The Morgan fingerprint density at radius 1 is 1.43 bits per heavy atom. The first-order valence-corrected chi connectivity index (χ1v) is 4.96. The smallest absolute Gasteiger partial charge is 0.168 e. The molecule has 0 bridgehead atoms. The van der Waals surface area contributed by atoms with E-state index in [9.17, 15) is 0 Å². The third kappa shape index (κ3) is 2.05. The molecule has 1 heterocycles. The van der Waals surface area contributed by atoms with Gasteiger partial charge >= 0.3 is 0 Å². The average molecular weight is 193 g/mol. The van der Waals surface area contributed by atoms with Gasteiger partial charge < -0.3 is 10.2 Å². The molecule has 0 unspecified atom stereocenters. The van der Waals surface area contributed by atoms with Gasteiger partial charge in [-0.1, -0.05) is 12.1 Å². The standard InChI is InChI=1S/C11H15NO2/c1-12-6-4-9-2-3-10-5-7-13-14-11(10)8-9/h2-3,8,12H,4-7H2,1H3. The Morgan fingerprint density at radius 2 is 2.36 bits per heavy atom. The van der Waals surface area contributed by atoms with Crippen LogP contribution in [0.1, 0.15) is 11.1 Å². The van der Waals surface area contributed by atoms with Crippen molar-refractivity contribution in [2.45, 2.75) is 12.8 Å². The van der Waals surface area contributed by atoms with Crippen LogP contribution < -0.4 is 10.2 Å². The molecule has 0 saturated carbocycles. The van der Waals surface area contributed by atoms with Crippen molar-refractivity contribution < 1.29 is 9.78 Å².